The number of imidazole rings is 1. The molecule has 0 spiro atoms. The third kappa shape index (κ3) is 3.76. The van der Waals surface area contributed by atoms with Crippen LogP contribution in [0.5, 0.6) is 0 Å². The Labute approximate surface area is 132 Å². The van der Waals surface area contributed by atoms with Gasteiger partial charge in [-0.1, -0.05) is 49.6 Å². The lowest BCUT2D eigenvalue weighted by Crippen LogP contribution is -2.42. The maximum absolute atomic E-state index is 10.6. The van der Waals surface area contributed by atoms with Crippen LogP contribution in [0.1, 0.15) is 37.9 Å². The average molecular weight is 299 g/mol. The smallest absolute Gasteiger partial charge is 0.120 e. The van der Waals surface area contributed by atoms with Crippen LogP contribution in [-0.2, 0) is 6.54 Å². The maximum Gasteiger partial charge on any atom is 0.120 e. The molecule has 1 aliphatic rings. The van der Waals surface area contributed by atoms with Crippen molar-refractivity contribution in [2.45, 2.75) is 44.2 Å². The van der Waals surface area contributed by atoms with Crippen LogP contribution in [0.2, 0.25) is 0 Å². The van der Waals surface area contributed by atoms with E-state index in [9.17, 15) is 5.11 Å². The lowest BCUT2D eigenvalue weighted by molar-refractivity contribution is -0.0227. The van der Waals surface area contributed by atoms with Gasteiger partial charge in [0.05, 0.1) is 24.0 Å². The Morgan fingerprint density at radius 3 is 2.64 bits per heavy atom. The topological polar surface area (TPSA) is 52.2 Å². The minimum atomic E-state index is -0.512. The molecule has 3 rings (SSSR count). The Morgan fingerprint density at radius 2 is 1.91 bits per heavy atom. The number of nitrogens with one attached hydrogen (secondary N) is 1. The van der Waals surface area contributed by atoms with Gasteiger partial charge in [0.2, 0.25) is 0 Å². The van der Waals surface area contributed by atoms with Crippen molar-refractivity contribution < 1.29 is 5.11 Å². The molecule has 0 unspecified atom stereocenters. The van der Waals surface area contributed by atoms with E-state index in [2.05, 4.69) is 34.0 Å². The number of hydrogen-bond acceptors (Lipinski definition) is 3. The Bertz CT molecular complexity index is 587. The number of rotatable bonds is 5. The molecule has 2 N–H and O–H groups in total. The number of H-pyrrole nitrogens is 1. The molecule has 0 saturated heterocycles. The van der Waals surface area contributed by atoms with E-state index in [1.807, 2.05) is 24.4 Å². The SMILES string of the molecule is CN(Cc1ncc(-c2ccccc2)[nH]1)CC1(O)CCCCC1. The van der Waals surface area contributed by atoms with Gasteiger partial charge in [-0.25, -0.2) is 4.98 Å². The number of aliphatic hydroxyl groups is 1. The molecule has 22 heavy (non-hydrogen) atoms. The van der Waals surface area contributed by atoms with Gasteiger partial charge in [0, 0.05) is 6.54 Å². The molecule has 0 bridgehead atoms. The normalized spacial score (nSPS) is 17.8. The van der Waals surface area contributed by atoms with Crippen molar-refractivity contribution in [1.82, 2.24) is 14.9 Å². The van der Waals surface area contributed by atoms with Crippen molar-refractivity contribution in [1.29, 1.82) is 0 Å². The molecule has 2 aromatic rings. The molecule has 0 aliphatic heterocycles. The fraction of sp³-hybridized carbons (Fsp3) is 0.500. The van der Waals surface area contributed by atoms with Crippen molar-refractivity contribution in [3.05, 3.63) is 42.4 Å². The lowest BCUT2D eigenvalue weighted by Gasteiger charge is -2.35. The summed E-state index contributed by atoms with van der Waals surface area (Å²) in [6.45, 7) is 1.45. The minimum absolute atomic E-state index is 0.512. The van der Waals surface area contributed by atoms with Crippen LogP contribution in [0.25, 0.3) is 11.3 Å². The summed E-state index contributed by atoms with van der Waals surface area (Å²) in [4.78, 5) is 10.0. The number of hydrogen-bond donors (Lipinski definition) is 2. The molecule has 4 nitrogen and oxygen atoms in total. The van der Waals surface area contributed by atoms with Gasteiger partial charge in [-0.2, -0.15) is 0 Å². The van der Waals surface area contributed by atoms with Crippen LogP contribution >= 0.6 is 0 Å². The Balaban J connectivity index is 1.60. The summed E-state index contributed by atoms with van der Waals surface area (Å²) in [6.07, 6.45) is 7.26. The molecule has 1 aliphatic carbocycles. The zero-order valence-electron chi connectivity index (χ0n) is 13.3. The van der Waals surface area contributed by atoms with E-state index in [1.54, 1.807) is 0 Å². The van der Waals surface area contributed by atoms with Gasteiger partial charge in [-0.05, 0) is 25.5 Å². The van der Waals surface area contributed by atoms with Crippen LogP contribution in [0.3, 0.4) is 0 Å². The molecule has 1 aromatic carbocycles. The third-order valence-corrected chi connectivity index (χ3v) is 4.48. The second-order valence-electron chi connectivity index (χ2n) is 6.57. The van der Waals surface area contributed by atoms with E-state index < -0.39 is 5.60 Å². The average Bonchev–Trinajstić information content (AvgIpc) is 2.96. The Hall–Kier alpha value is -1.65. The zero-order chi connectivity index (χ0) is 15.4. The maximum atomic E-state index is 10.6. The number of benzene rings is 1. The Morgan fingerprint density at radius 1 is 1.18 bits per heavy atom. The first-order valence-corrected chi connectivity index (χ1v) is 8.15. The summed E-state index contributed by atoms with van der Waals surface area (Å²) in [5, 5.41) is 10.6. The summed E-state index contributed by atoms with van der Waals surface area (Å²) in [7, 11) is 2.05. The first-order valence-electron chi connectivity index (χ1n) is 8.15. The lowest BCUT2D eigenvalue weighted by atomic mass is 9.84. The first-order chi connectivity index (χ1) is 10.6. The zero-order valence-corrected chi connectivity index (χ0v) is 13.3. The van der Waals surface area contributed by atoms with E-state index in [1.165, 1.54) is 6.42 Å². The van der Waals surface area contributed by atoms with E-state index in [4.69, 9.17) is 0 Å². The number of aromatic nitrogens is 2. The highest BCUT2D eigenvalue weighted by Crippen LogP contribution is 2.28. The van der Waals surface area contributed by atoms with Crippen LogP contribution < -0.4 is 0 Å². The van der Waals surface area contributed by atoms with E-state index in [0.717, 1.165) is 49.3 Å². The van der Waals surface area contributed by atoms with E-state index in [0.29, 0.717) is 6.54 Å². The van der Waals surface area contributed by atoms with Crippen molar-refractivity contribution in [2.24, 2.45) is 0 Å². The first kappa shape index (κ1) is 15.3. The van der Waals surface area contributed by atoms with Gasteiger partial charge in [0.15, 0.2) is 0 Å². The predicted molar refractivity (Wildman–Crippen MR) is 88.4 cm³/mol. The third-order valence-electron chi connectivity index (χ3n) is 4.48. The highest BCUT2D eigenvalue weighted by molar-refractivity contribution is 5.57. The fourth-order valence-electron chi connectivity index (χ4n) is 3.39. The fourth-order valence-corrected chi connectivity index (χ4v) is 3.39. The van der Waals surface area contributed by atoms with Crippen LogP contribution in [0.4, 0.5) is 0 Å². The minimum Gasteiger partial charge on any atom is -0.389 e. The summed E-state index contributed by atoms with van der Waals surface area (Å²) in [5.41, 5.74) is 1.68. The van der Waals surface area contributed by atoms with Gasteiger partial charge in [0.25, 0.3) is 0 Å². The summed E-state index contributed by atoms with van der Waals surface area (Å²) < 4.78 is 0. The second kappa shape index (κ2) is 6.63. The molecule has 1 saturated carbocycles. The largest absolute Gasteiger partial charge is 0.389 e. The van der Waals surface area contributed by atoms with E-state index >= 15 is 0 Å². The number of nitrogens with zero attached hydrogens (tertiary/aromatic N) is 2. The molecule has 0 amide bonds. The quantitative estimate of drug-likeness (QED) is 0.891. The van der Waals surface area contributed by atoms with Gasteiger partial charge in [0.1, 0.15) is 5.82 Å². The van der Waals surface area contributed by atoms with Crippen molar-refractivity contribution in [3.63, 3.8) is 0 Å². The molecule has 1 fully saturated rings. The second-order valence-corrected chi connectivity index (χ2v) is 6.57. The van der Waals surface area contributed by atoms with Crippen LogP contribution in [0.15, 0.2) is 36.5 Å². The van der Waals surface area contributed by atoms with Crippen molar-refractivity contribution in [2.75, 3.05) is 13.6 Å². The molecule has 0 atom stereocenters. The Kier molecular flexibility index (Phi) is 4.60. The molecule has 4 heteroatoms. The van der Waals surface area contributed by atoms with Gasteiger partial charge in [-0.3, -0.25) is 4.90 Å². The highest BCUT2D eigenvalue weighted by atomic mass is 16.3. The molecule has 0 radical (unpaired) electrons. The number of likely N-dealkylation sites (N-methyl/N-ethyl adjacent to an activating group) is 1. The molecule has 1 heterocycles. The predicted octanol–water partition coefficient (Wildman–Crippen LogP) is 3.20. The van der Waals surface area contributed by atoms with Crippen molar-refractivity contribution in [3.8, 4) is 11.3 Å². The van der Waals surface area contributed by atoms with Gasteiger partial charge >= 0.3 is 0 Å². The summed E-state index contributed by atoms with van der Waals surface area (Å²) in [5.74, 6) is 0.945. The summed E-state index contributed by atoms with van der Waals surface area (Å²) >= 11 is 0. The number of aromatic amines is 1. The van der Waals surface area contributed by atoms with E-state index in [-0.39, 0.29) is 0 Å². The molecule has 1 aromatic heterocycles. The standard InChI is InChI=1S/C18H25N3O/c1-21(14-18(22)10-6-3-7-11-18)13-17-19-12-16(20-17)15-8-4-2-5-9-15/h2,4-5,8-9,12,22H,3,6-7,10-11,13-14H2,1H3,(H,19,20). The monoisotopic (exact) mass is 299 g/mol. The molecular formula is C18H25N3O. The molecule has 118 valence electrons. The van der Waals surface area contributed by atoms with Gasteiger partial charge in [-0.15, -0.1) is 0 Å². The van der Waals surface area contributed by atoms with Crippen LogP contribution in [0, 0.1) is 0 Å². The summed E-state index contributed by atoms with van der Waals surface area (Å²) in [6, 6.07) is 10.2. The molecular weight excluding hydrogens is 274 g/mol. The highest BCUT2D eigenvalue weighted by Gasteiger charge is 2.30. The van der Waals surface area contributed by atoms with Crippen LogP contribution in [-0.4, -0.2) is 39.2 Å². The van der Waals surface area contributed by atoms with Crippen molar-refractivity contribution >= 4 is 0 Å². The van der Waals surface area contributed by atoms with Gasteiger partial charge < -0.3 is 10.1 Å².